The van der Waals surface area contributed by atoms with E-state index >= 15 is 0 Å². The molecule has 0 spiro atoms. The number of esters is 1. The third-order valence-electron chi connectivity index (χ3n) is 5.46. The van der Waals surface area contributed by atoms with Crippen LogP contribution in [0.5, 0.6) is 0 Å². The first-order chi connectivity index (χ1) is 8.77. The molecule has 6 atom stereocenters. The molecule has 0 bridgehead atoms. The lowest BCUT2D eigenvalue weighted by Crippen LogP contribution is -2.59. The number of carbonyl (C=O) groups is 2. The minimum atomic E-state index is -1.10. The van der Waals surface area contributed by atoms with Crippen molar-refractivity contribution in [1.82, 2.24) is 0 Å². The Bertz CT molecular complexity index is 479. The van der Waals surface area contributed by atoms with Crippen LogP contribution in [0.25, 0.3) is 0 Å². The maximum atomic E-state index is 12.3. The molecule has 1 saturated heterocycles. The molecule has 1 N–H and O–H groups in total. The Balaban J connectivity index is 2.07. The third-order valence-corrected chi connectivity index (χ3v) is 5.46. The first-order valence-corrected chi connectivity index (χ1v) is 6.94. The van der Waals surface area contributed by atoms with E-state index in [1.165, 1.54) is 6.08 Å². The number of ether oxygens (including phenoxy) is 1. The predicted molar refractivity (Wildman–Crippen MR) is 68.1 cm³/mol. The summed E-state index contributed by atoms with van der Waals surface area (Å²) in [5, 5.41) is 10.6. The lowest BCUT2D eigenvalue weighted by Gasteiger charge is -2.52. The van der Waals surface area contributed by atoms with E-state index in [1.54, 1.807) is 13.0 Å². The van der Waals surface area contributed by atoms with Gasteiger partial charge in [0.05, 0.1) is 11.5 Å². The van der Waals surface area contributed by atoms with Gasteiger partial charge in [-0.25, -0.2) is 0 Å². The molecule has 0 amide bonds. The van der Waals surface area contributed by atoms with E-state index in [0.717, 1.165) is 6.42 Å². The molecule has 104 valence electrons. The molecule has 1 heterocycles. The Hall–Kier alpha value is -1.16. The molecule has 19 heavy (non-hydrogen) atoms. The minimum Gasteiger partial charge on any atom is -0.461 e. The SMILES string of the molecule is C[C@@H]1C(=O)O[C@H]2[C@H]1CC[C@@]1(C)C(=O)C=C[C@](C)(O)[C@H]21. The second-order valence-electron chi connectivity index (χ2n) is 6.71. The molecular weight excluding hydrogens is 244 g/mol. The van der Waals surface area contributed by atoms with Crippen LogP contribution in [0.1, 0.15) is 33.6 Å². The van der Waals surface area contributed by atoms with Crippen LogP contribution < -0.4 is 0 Å². The average Bonchev–Trinajstić information content (AvgIpc) is 2.60. The maximum Gasteiger partial charge on any atom is 0.309 e. The Kier molecular flexibility index (Phi) is 2.50. The van der Waals surface area contributed by atoms with Crippen LogP contribution in [0.3, 0.4) is 0 Å². The molecule has 4 nitrogen and oxygen atoms in total. The molecule has 1 saturated carbocycles. The maximum absolute atomic E-state index is 12.3. The molecular formula is C15H20O4. The topological polar surface area (TPSA) is 63.6 Å². The van der Waals surface area contributed by atoms with Gasteiger partial charge in [0.2, 0.25) is 0 Å². The fourth-order valence-corrected chi connectivity index (χ4v) is 4.29. The summed E-state index contributed by atoms with van der Waals surface area (Å²) in [6.07, 6.45) is 4.21. The highest BCUT2D eigenvalue weighted by atomic mass is 16.6. The van der Waals surface area contributed by atoms with Crippen molar-refractivity contribution in [2.24, 2.45) is 23.2 Å². The summed E-state index contributed by atoms with van der Waals surface area (Å²) in [7, 11) is 0. The molecule has 1 aliphatic heterocycles. The van der Waals surface area contributed by atoms with Crippen molar-refractivity contribution < 1.29 is 19.4 Å². The smallest absolute Gasteiger partial charge is 0.309 e. The molecule has 3 aliphatic rings. The first kappa shape index (κ1) is 12.9. The van der Waals surface area contributed by atoms with Crippen molar-refractivity contribution in [3.05, 3.63) is 12.2 Å². The number of aliphatic hydroxyl groups is 1. The number of fused-ring (bicyclic) bond motifs is 3. The van der Waals surface area contributed by atoms with Gasteiger partial charge in [-0.15, -0.1) is 0 Å². The Morgan fingerprint density at radius 1 is 1.37 bits per heavy atom. The zero-order valence-electron chi connectivity index (χ0n) is 11.6. The molecule has 0 aromatic heterocycles. The molecule has 0 aromatic rings. The normalized spacial score (nSPS) is 52.6. The van der Waals surface area contributed by atoms with E-state index in [2.05, 4.69) is 0 Å². The minimum absolute atomic E-state index is 0.0399. The molecule has 0 unspecified atom stereocenters. The van der Waals surface area contributed by atoms with Crippen LogP contribution in [0.15, 0.2) is 12.2 Å². The van der Waals surface area contributed by atoms with Gasteiger partial charge >= 0.3 is 5.97 Å². The molecule has 2 aliphatic carbocycles. The van der Waals surface area contributed by atoms with Crippen molar-refractivity contribution >= 4 is 11.8 Å². The zero-order valence-corrected chi connectivity index (χ0v) is 11.6. The van der Waals surface area contributed by atoms with Crippen LogP contribution in [-0.4, -0.2) is 28.6 Å². The summed E-state index contributed by atoms with van der Waals surface area (Å²) in [6, 6.07) is 0. The Morgan fingerprint density at radius 2 is 2.05 bits per heavy atom. The lowest BCUT2D eigenvalue weighted by atomic mass is 9.53. The molecule has 3 rings (SSSR count). The quantitative estimate of drug-likeness (QED) is 0.673. The second kappa shape index (κ2) is 3.69. The summed E-state index contributed by atoms with van der Waals surface area (Å²) in [6.45, 7) is 5.48. The fraction of sp³-hybridized carbons (Fsp3) is 0.733. The van der Waals surface area contributed by atoms with Crippen molar-refractivity contribution in [2.75, 3.05) is 0 Å². The predicted octanol–water partition coefficient (Wildman–Crippen LogP) is 1.47. The molecule has 0 aromatic carbocycles. The Labute approximate surface area is 112 Å². The highest BCUT2D eigenvalue weighted by Gasteiger charge is 2.62. The fourth-order valence-electron chi connectivity index (χ4n) is 4.29. The van der Waals surface area contributed by atoms with Crippen LogP contribution in [-0.2, 0) is 14.3 Å². The number of carbonyl (C=O) groups excluding carboxylic acids is 2. The van der Waals surface area contributed by atoms with Gasteiger partial charge in [-0.3, -0.25) is 9.59 Å². The van der Waals surface area contributed by atoms with Gasteiger partial charge in [0, 0.05) is 17.3 Å². The molecule has 2 fully saturated rings. The van der Waals surface area contributed by atoms with Crippen molar-refractivity contribution in [2.45, 2.75) is 45.3 Å². The molecule has 0 radical (unpaired) electrons. The largest absolute Gasteiger partial charge is 0.461 e. The summed E-state index contributed by atoms with van der Waals surface area (Å²) in [5.41, 5.74) is -1.72. The monoisotopic (exact) mass is 264 g/mol. The number of rotatable bonds is 0. The summed E-state index contributed by atoms with van der Waals surface area (Å²) < 4.78 is 5.51. The standard InChI is InChI=1S/C15H20O4/c1-8-9-4-6-14(2)10(16)5-7-15(3,18)12(14)11(9)19-13(8)17/h5,7-9,11-12,18H,4,6H2,1-3H3/t8-,9-,11-,12+,14-,15-/m0/s1. The highest BCUT2D eigenvalue weighted by molar-refractivity contribution is 5.96. The summed E-state index contributed by atoms with van der Waals surface area (Å²) >= 11 is 0. The number of hydrogen-bond acceptors (Lipinski definition) is 4. The van der Waals surface area contributed by atoms with Crippen molar-refractivity contribution in [1.29, 1.82) is 0 Å². The van der Waals surface area contributed by atoms with E-state index in [0.29, 0.717) is 6.42 Å². The van der Waals surface area contributed by atoms with Crippen LogP contribution >= 0.6 is 0 Å². The van der Waals surface area contributed by atoms with Crippen LogP contribution in [0.4, 0.5) is 0 Å². The van der Waals surface area contributed by atoms with Gasteiger partial charge in [-0.2, -0.15) is 0 Å². The number of allylic oxidation sites excluding steroid dienone is 1. The van der Waals surface area contributed by atoms with E-state index in [-0.39, 0.29) is 35.6 Å². The number of hydrogen-bond donors (Lipinski definition) is 1. The van der Waals surface area contributed by atoms with Gasteiger partial charge in [0.15, 0.2) is 5.78 Å². The van der Waals surface area contributed by atoms with E-state index in [9.17, 15) is 14.7 Å². The van der Waals surface area contributed by atoms with E-state index < -0.39 is 11.0 Å². The van der Waals surface area contributed by atoms with E-state index in [4.69, 9.17) is 4.74 Å². The average molecular weight is 264 g/mol. The summed E-state index contributed by atoms with van der Waals surface area (Å²) in [4.78, 5) is 24.1. The molecule has 4 heteroatoms. The van der Waals surface area contributed by atoms with Gasteiger partial charge in [-0.05, 0) is 31.9 Å². The first-order valence-electron chi connectivity index (χ1n) is 6.94. The van der Waals surface area contributed by atoms with Crippen molar-refractivity contribution in [3.63, 3.8) is 0 Å². The van der Waals surface area contributed by atoms with Crippen molar-refractivity contribution in [3.8, 4) is 0 Å². The second-order valence-corrected chi connectivity index (χ2v) is 6.71. The van der Waals surface area contributed by atoms with Crippen LogP contribution in [0, 0.1) is 23.2 Å². The zero-order chi connectivity index (χ0) is 14.0. The number of ketones is 1. The van der Waals surface area contributed by atoms with Gasteiger partial charge < -0.3 is 9.84 Å². The van der Waals surface area contributed by atoms with Crippen LogP contribution in [0.2, 0.25) is 0 Å². The van der Waals surface area contributed by atoms with E-state index in [1.807, 2.05) is 13.8 Å². The highest BCUT2D eigenvalue weighted by Crippen LogP contribution is 2.56. The van der Waals surface area contributed by atoms with Gasteiger partial charge in [0.1, 0.15) is 6.10 Å². The summed E-state index contributed by atoms with van der Waals surface area (Å²) in [5.74, 6) is -0.511. The third kappa shape index (κ3) is 1.55. The Morgan fingerprint density at radius 3 is 2.74 bits per heavy atom. The van der Waals surface area contributed by atoms with Gasteiger partial charge in [0.25, 0.3) is 0 Å². The lowest BCUT2D eigenvalue weighted by molar-refractivity contribution is -0.167. The van der Waals surface area contributed by atoms with Gasteiger partial charge in [-0.1, -0.05) is 13.8 Å².